The van der Waals surface area contributed by atoms with E-state index in [0.717, 1.165) is 24.9 Å². The maximum Gasteiger partial charge on any atom is 0.248 e. The molecule has 0 N–H and O–H groups in total. The third-order valence-corrected chi connectivity index (χ3v) is 4.91. The van der Waals surface area contributed by atoms with Crippen molar-refractivity contribution in [3.05, 3.63) is 35.9 Å². The first-order chi connectivity index (χ1) is 11.2. The second kappa shape index (κ2) is 7.13. The fourth-order valence-electron chi connectivity index (χ4n) is 3.74. The number of carbonyl (C=O) groups is 2. The van der Waals surface area contributed by atoms with Gasteiger partial charge in [-0.25, -0.2) is 0 Å². The van der Waals surface area contributed by atoms with Crippen LogP contribution in [0.25, 0.3) is 0 Å². The van der Waals surface area contributed by atoms with Crippen LogP contribution < -0.4 is 0 Å². The van der Waals surface area contributed by atoms with Gasteiger partial charge >= 0.3 is 0 Å². The third-order valence-electron chi connectivity index (χ3n) is 4.91. The van der Waals surface area contributed by atoms with Gasteiger partial charge in [-0.2, -0.15) is 0 Å². The van der Waals surface area contributed by atoms with E-state index in [4.69, 9.17) is 4.74 Å². The maximum atomic E-state index is 12.6. The summed E-state index contributed by atoms with van der Waals surface area (Å²) < 4.78 is 4.97. The van der Waals surface area contributed by atoms with Crippen molar-refractivity contribution in [3.63, 3.8) is 0 Å². The van der Waals surface area contributed by atoms with Gasteiger partial charge in [0.05, 0.1) is 6.04 Å². The van der Waals surface area contributed by atoms with Crippen LogP contribution in [0.5, 0.6) is 0 Å². The molecule has 2 fully saturated rings. The zero-order valence-corrected chi connectivity index (χ0v) is 13.6. The normalized spacial score (nSPS) is 24.5. The van der Waals surface area contributed by atoms with E-state index in [0.29, 0.717) is 25.4 Å². The molecule has 5 heteroatoms. The number of hydrogen-bond donors (Lipinski definition) is 0. The lowest BCUT2D eigenvalue weighted by Gasteiger charge is -2.30. The molecule has 2 amide bonds. The van der Waals surface area contributed by atoms with Gasteiger partial charge in [0.2, 0.25) is 11.8 Å². The van der Waals surface area contributed by atoms with E-state index in [1.54, 1.807) is 0 Å². The van der Waals surface area contributed by atoms with Crippen LogP contribution in [-0.4, -0.2) is 54.5 Å². The number of amides is 2. The first kappa shape index (κ1) is 16.0. The Balaban J connectivity index is 1.76. The summed E-state index contributed by atoms with van der Waals surface area (Å²) in [6.07, 6.45) is 2.54. The van der Waals surface area contributed by atoms with Crippen LogP contribution in [0.3, 0.4) is 0 Å². The maximum absolute atomic E-state index is 12.6. The predicted octanol–water partition coefficient (Wildman–Crippen LogP) is 1.67. The minimum atomic E-state index is 0.0210. The number of methoxy groups -OCH3 is 1. The van der Waals surface area contributed by atoms with E-state index >= 15 is 0 Å². The molecule has 2 aliphatic rings. The van der Waals surface area contributed by atoms with Crippen molar-refractivity contribution >= 4 is 11.8 Å². The third kappa shape index (κ3) is 3.55. The molecular formula is C18H24N2O3. The first-order valence-electron chi connectivity index (χ1n) is 8.29. The predicted molar refractivity (Wildman–Crippen MR) is 86.6 cm³/mol. The molecule has 0 aromatic heterocycles. The van der Waals surface area contributed by atoms with Crippen LogP contribution in [0.4, 0.5) is 0 Å². The summed E-state index contributed by atoms with van der Waals surface area (Å²) in [6.45, 7) is 2.12. The molecule has 2 aliphatic heterocycles. The molecule has 0 bridgehead atoms. The van der Waals surface area contributed by atoms with E-state index in [1.165, 1.54) is 7.11 Å². The molecule has 23 heavy (non-hydrogen) atoms. The van der Waals surface area contributed by atoms with Gasteiger partial charge in [0.25, 0.3) is 0 Å². The lowest BCUT2D eigenvalue weighted by molar-refractivity contribution is -0.137. The molecule has 2 heterocycles. The highest BCUT2D eigenvalue weighted by atomic mass is 16.5. The van der Waals surface area contributed by atoms with Crippen molar-refractivity contribution in [1.82, 2.24) is 9.80 Å². The number of carbonyl (C=O) groups excluding carboxylic acids is 2. The minimum absolute atomic E-state index is 0.0210. The van der Waals surface area contributed by atoms with Crippen LogP contribution in [0.15, 0.2) is 30.3 Å². The van der Waals surface area contributed by atoms with E-state index in [-0.39, 0.29) is 24.5 Å². The number of nitrogens with zero attached hydrogens (tertiary/aromatic N) is 2. The highest BCUT2D eigenvalue weighted by Crippen LogP contribution is 2.31. The van der Waals surface area contributed by atoms with Crippen LogP contribution >= 0.6 is 0 Å². The van der Waals surface area contributed by atoms with Gasteiger partial charge in [0.1, 0.15) is 6.61 Å². The fourth-order valence-corrected chi connectivity index (χ4v) is 3.74. The van der Waals surface area contributed by atoms with Gasteiger partial charge < -0.3 is 14.5 Å². The molecule has 2 saturated heterocycles. The van der Waals surface area contributed by atoms with Gasteiger partial charge in [0, 0.05) is 33.2 Å². The van der Waals surface area contributed by atoms with Crippen LogP contribution in [-0.2, 0) is 20.9 Å². The SMILES string of the molecule is COCC(=O)N1C[C@H]2CCCC(=O)N(Cc3ccccc3)[C@H]2C1. The highest BCUT2D eigenvalue weighted by Gasteiger charge is 2.41. The monoisotopic (exact) mass is 316 g/mol. The smallest absolute Gasteiger partial charge is 0.248 e. The summed E-state index contributed by atoms with van der Waals surface area (Å²) in [5.41, 5.74) is 1.14. The molecule has 0 unspecified atom stereocenters. The highest BCUT2D eigenvalue weighted by molar-refractivity contribution is 5.79. The van der Waals surface area contributed by atoms with Gasteiger partial charge in [-0.1, -0.05) is 30.3 Å². The van der Waals surface area contributed by atoms with Gasteiger partial charge in [-0.15, -0.1) is 0 Å². The van der Waals surface area contributed by atoms with Crippen molar-refractivity contribution in [2.24, 2.45) is 5.92 Å². The second-order valence-electron chi connectivity index (χ2n) is 6.46. The average molecular weight is 316 g/mol. The molecule has 0 spiro atoms. The van der Waals surface area contributed by atoms with Crippen molar-refractivity contribution in [3.8, 4) is 0 Å². The van der Waals surface area contributed by atoms with Gasteiger partial charge in [0.15, 0.2) is 0 Å². The van der Waals surface area contributed by atoms with Crippen LogP contribution in [0.1, 0.15) is 24.8 Å². The van der Waals surface area contributed by atoms with Crippen molar-refractivity contribution < 1.29 is 14.3 Å². The topological polar surface area (TPSA) is 49.9 Å². The number of fused-ring (bicyclic) bond motifs is 1. The van der Waals surface area contributed by atoms with E-state index in [9.17, 15) is 9.59 Å². The molecule has 124 valence electrons. The molecule has 5 nitrogen and oxygen atoms in total. The lowest BCUT2D eigenvalue weighted by Crippen LogP contribution is -2.43. The minimum Gasteiger partial charge on any atom is -0.375 e. The van der Waals surface area contributed by atoms with Crippen molar-refractivity contribution in [2.75, 3.05) is 26.8 Å². The Bertz CT molecular complexity index is 561. The molecule has 0 aliphatic carbocycles. The number of rotatable bonds is 4. The molecule has 0 saturated carbocycles. The van der Waals surface area contributed by atoms with Crippen molar-refractivity contribution in [1.29, 1.82) is 0 Å². The Morgan fingerprint density at radius 2 is 2.04 bits per heavy atom. The lowest BCUT2D eigenvalue weighted by atomic mass is 9.98. The average Bonchev–Trinajstić information content (AvgIpc) is 2.92. The zero-order chi connectivity index (χ0) is 16.2. The molecule has 3 rings (SSSR count). The zero-order valence-electron chi connectivity index (χ0n) is 13.6. The molecule has 0 radical (unpaired) electrons. The number of likely N-dealkylation sites (tertiary alicyclic amines) is 2. The number of ether oxygens (including phenoxy) is 1. The Morgan fingerprint density at radius 1 is 1.26 bits per heavy atom. The number of hydrogen-bond acceptors (Lipinski definition) is 3. The molecule has 1 aromatic carbocycles. The van der Waals surface area contributed by atoms with E-state index in [1.807, 2.05) is 28.0 Å². The summed E-state index contributed by atoms with van der Waals surface area (Å²) in [5, 5.41) is 0. The van der Waals surface area contributed by atoms with Gasteiger partial charge in [-0.3, -0.25) is 9.59 Å². The quantitative estimate of drug-likeness (QED) is 0.849. The van der Waals surface area contributed by atoms with Crippen LogP contribution in [0.2, 0.25) is 0 Å². The second-order valence-corrected chi connectivity index (χ2v) is 6.46. The summed E-state index contributed by atoms with van der Waals surface area (Å²) in [4.78, 5) is 28.5. The largest absolute Gasteiger partial charge is 0.375 e. The molecule has 2 atom stereocenters. The van der Waals surface area contributed by atoms with Crippen molar-refractivity contribution in [2.45, 2.75) is 31.8 Å². The van der Waals surface area contributed by atoms with E-state index < -0.39 is 0 Å². The fraction of sp³-hybridized carbons (Fsp3) is 0.556. The first-order valence-corrected chi connectivity index (χ1v) is 8.29. The summed E-state index contributed by atoms with van der Waals surface area (Å²) in [7, 11) is 1.54. The van der Waals surface area contributed by atoms with Crippen LogP contribution in [0, 0.1) is 5.92 Å². The summed E-state index contributed by atoms with van der Waals surface area (Å²) in [6, 6.07) is 10.2. The Labute approximate surface area is 137 Å². The molecular weight excluding hydrogens is 292 g/mol. The summed E-state index contributed by atoms with van der Waals surface area (Å²) in [5.74, 6) is 0.612. The standard InChI is InChI=1S/C18H24N2O3/c1-23-13-18(22)19-11-15-8-5-9-17(21)20(16(15)12-19)10-14-6-3-2-4-7-14/h2-4,6-7,15-16H,5,8-13H2,1H3/t15-,16+/m1/s1. The number of benzene rings is 1. The van der Waals surface area contributed by atoms with E-state index in [2.05, 4.69) is 12.1 Å². The summed E-state index contributed by atoms with van der Waals surface area (Å²) >= 11 is 0. The Hall–Kier alpha value is -1.88. The van der Waals surface area contributed by atoms with Gasteiger partial charge in [-0.05, 0) is 24.3 Å². The Morgan fingerprint density at radius 3 is 2.78 bits per heavy atom. The Kier molecular flexibility index (Phi) is 4.96. The molecule has 1 aromatic rings.